The van der Waals surface area contributed by atoms with Crippen molar-refractivity contribution in [1.82, 2.24) is 0 Å². The number of carbonyl (C=O) groups excluding carboxylic acids is 2. The number of hydrogen-bond acceptors (Lipinski definition) is 7. The van der Waals surface area contributed by atoms with Crippen molar-refractivity contribution < 1.29 is 42.9 Å². The number of carboxylic acids is 1. The first-order chi connectivity index (χ1) is 50.6. The van der Waals surface area contributed by atoms with Gasteiger partial charge in [-0.1, -0.05) is 362 Å². The van der Waals surface area contributed by atoms with Gasteiger partial charge in [-0.2, -0.15) is 0 Å². The minimum absolute atomic E-state index is 0.180. The Kier molecular flexibility index (Phi) is 77.1. The molecule has 0 fully saturated rings. The molecule has 582 valence electrons. The van der Waals surface area contributed by atoms with Crippen molar-refractivity contribution >= 4 is 17.9 Å². The summed E-state index contributed by atoms with van der Waals surface area (Å²) in [6, 6.07) is 0. The maximum Gasteiger partial charge on any atom is 0.361 e. The maximum absolute atomic E-state index is 13.0. The highest BCUT2D eigenvalue weighted by Crippen LogP contribution is 2.18. The second kappa shape index (κ2) is 81.8. The lowest BCUT2D eigenvalue weighted by atomic mass is 10.0. The summed E-state index contributed by atoms with van der Waals surface area (Å²) in [6.07, 6.45) is 123. The van der Waals surface area contributed by atoms with Crippen molar-refractivity contribution in [3.05, 3.63) is 194 Å². The van der Waals surface area contributed by atoms with Crippen LogP contribution in [-0.4, -0.2) is 87.4 Å². The molecule has 2 unspecified atom stereocenters. The van der Waals surface area contributed by atoms with E-state index in [1.807, 2.05) is 21.1 Å². The minimum Gasteiger partial charge on any atom is -0.477 e. The van der Waals surface area contributed by atoms with Gasteiger partial charge >= 0.3 is 17.9 Å². The second-order valence-electron chi connectivity index (χ2n) is 28.3. The van der Waals surface area contributed by atoms with Crippen LogP contribution < -0.4 is 0 Å². The molecule has 0 rings (SSSR count). The first-order valence-electron chi connectivity index (χ1n) is 41.6. The molecule has 0 aliphatic rings. The largest absolute Gasteiger partial charge is 0.477 e. The van der Waals surface area contributed by atoms with E-state index in [1.54, 1.807) is 0 Å². The van der Waals surface area contributed by atoms with E-state index >= 15 is 0 Å². The standard InChI is InChI=1S/C94H153NO8/c1-6-8-10-12-14-16-18-20-22-24-26-28-30-32-34-36-38-40-42-44-46-48-50-52-54-56-58-60-62-64-66-68-70-72-74-76-78-80-82-84-91(96)101-88-90(89-102-94(93(98)99)100-87-86-95(3,4)5)103-92(97)85-83-81-79-77-75-73-71-69-67-65-63-61-59-57-55-53-51-49-47-45-43-41-39-37-35-33-31-29-27-25-23-21-19-17-15-13-11-9-7-2/h8-11,14-17,20-23,26-29,32-35,38-41,44-47,50-53,90,94H,6-7,12-13,18-19,24-25,30-31,36-37,42-43,48-49,54-89H2,1-5H3/p+1/b10-8-,11-9-,16-14-,17-15-,22-20-,23-21-,28-26-,29-27-,34-32-,35-33-,40-38-,41-39-,46-44-,47-45-,52-50-,53-51-. The van der Waals surface area contributed by atoms with E-state index in [9.17, 15) is 19.5 Å². The Morgan fingerprint density at radius 2 is 0.524 bits per heavy atom. The van der Waals surface area contributed by atoms with E-state index < -0.39 is 24.3 Å². The Hall–Kier alpha value is -5.87. The summed E-state index contributed by atoms with van der Waals surface area (Å²) in [6.45, 7) is 4.65. The summed E-state index contributed by atoms with van der Waals surface area (Å²) >= 11 is 0. The number of esters is 2. The molecule has 0 aromatic rings. The summed E-state index contributed by atoms with van der Waals surface area (Å²) < 4.78 is 23.1. The fourth-order valence-electron chi connectivity index (χ4n) is 11.1. The number of aliphatic carboxylic acids is 1. The summed E-state index contributed by atoms with van der Waals surface area (Å²) in [7, 11) is 5.98. The Morgan fingerprint density at radius 3 is 0.777 bits per heavy atom. The zero-order valence-electron chi connectivity index (χ0n) is 66.7. The molecule has 0 aliphatic carbocycles. The van der Waals surface area contributed by atoms with Crippen LogP contribution in [-0.2, 0) is 33.3 Å². The normalized spacial score (nSPS) is 13.7. The molecule has 9 nitrogen and oxygen atoms in total. The molecule has 0 heterocycles. The summed E-state index contributed by atoms with van der Waals surface area (Å²) in [4.78, 5) is 37.8. The molecule has 0 spiro atoms. The number of carbonyl (C=O) groups is 3. The molecule has 0 bridgehead atoms. The summed E-state index contributed by atoms with van der Waals surface area (Å²) in [5.41, 5.74) is 0. The van der Waals surface area contributed by atoms with Crippen LogP contribution in [0.25, 0.3) is 0 Å². The van der Waals surface area contributed by atoms with Crippen LogP contribution in [0.5, 0.6) is 0 Å². The average molecular weight is 1430 g/mol. The monoisotopic (exact) mass is 1430 g/mol. The fourth-order valence-corrected chi connectivity index (χ4v) is 11.1. The number of ether oxygens (including phenoxy) is 4. The van der Waals surface area contributed by atoms with E-state index in [0.29, 0.717) is 23.9 Å². The Balaban J connectivity index is 4.07. The lowest BCUT2D eigenvalue weighted by Crippen LogP contribution is -2.40. The van der Waals surface area contributed by atoms with Crippen molar-refractivity contribution in [2.45, 2.75) is 334 Å². The van der Waals surface area contributed by atoms with Crippen LogP contribution in [0, 0.1) is 0 Å². The van der Waals surface area contributed by atoms with Crippen molar-refractivity contribution in [2.75, 3.05) is 47.5 Å². The number of likely N-dealkylation sites (N-methyl/N-ethyl adjacent to an activating group) is 1. The lowest BCUT2D eigenvalue weighted by Gasteiger charge is -2.25. The Bertz CT molecular complexity index is 2410. The number of allylic oxidation sites excluding steroid dienone is 32. The van der Waals surface area contributed by atoms with Crippen LogP contribution in [0.2, 0.25) is 0 Å². The average Bonchev–Trinajstić information content (AvgIpc) is 1.06. The van der Waals surface area contributed by atoms with Crippen molar-refractivity contribution in [3.8, 4) is 0 Å². The molecule has 2 atom stereocenters. The van der Waals surface area contributed by atoms with Gasteiger partial charge in [0.15, 0.2) is 6.10 Å². The van der Waals surface area contributed by atoms with Crippen LogP contribution in [0.3, 0.4) is 0 Å². The third kappa shape index (κ3) is 83.3. The van der Waals surface area contributed by atoms with Gasteiger partial charge in [0, 0.05) is 12.8 Å². The van der Waals surface area contributed by atoms with Gasteiger partial charge in [-0.05, 0) is 141 Å². The number of carboxylic acid groups (broad SMARTS) is 1. The van der Waals surface area contributed by atoms with Crippen LogP contribution >= 0.6 is 0 Å². The van der Waals surface area contributed by atoms with Gasteiger partial charge in [0.2, 0.25) is 0 Å². The highest BCUT2D eigenvalue weighted by atomic mass is 16.7. The zero-order valence-corrected chi connectivity index (χ0v) is 66.7. The third-order valence-electron chi connectivity index (χ3n) is 17.3. The molecule has 103 heavy (non-hydrogen) atoms. The molecule has 0 saturated carbocycles. The van der Waals surface area contributed by atoms with Gasteiger partial charge in [-0.15, -0.1) is 0 Å². The van der Waals surface area contributed by atoms with Crippen molar-refractivity contribution in [1.29, 1.82) is 0 Å². The minimum atomic E-state index is -1.52. The highest BCUT2D eigenvalue weighted by Gasteiger charge is 2.25. The van der Waals surface area contributed by atoms with Gasteiger partial charge in [-0.3, -0.25) is 9.59 Å². The van der Waals surface area contributed by atoms with Gasteiger partial charge in [-0.25, -0.2) is 4.79 Å². The number of hydrogen-bond donors (Lipinski definition) is 1. The number of rotatable bonds is 75. The predicted molar refractivity (Wildman–Crippen MR) is 446 cm³/mol. The zero-order chi connectivity index (χ0) is 74.6. The molecule has 9 heteroatoms. The molecule has 0 radical (unpaired) electrons. The van der Waals surface area contributed by atoms with E-state index in [0.717, 1.165) is 141 Å². The molecular weight excluding hydrogens is 1270 g/mol. The van der Waals surface area contributed by atoms with Gasteiger partial charge in [0.05, 0.1) is 34.4 Å². The molecule has 0 saturated heterocycles. The van der Waals surface area contributed by atoms with Gasteiger partial charge in [0.25, 0.3) is 6.29 Å². The van der Waals surface area contributed by atoms with E-state index in [4.69, 9.17) is 18.9 Å². The number of quaternary nitrogens is 1. The first kappa shape index (κ1) is 97.1. The molecule has 1 N–H and O–H groups in total. The Labute approximate surface area is 633 Å². The van der Waals surface area contributed by atoms with Crippen molar-refractivity contribution in [2.24, 2.45) is 0 Å². The molecular formula is C94H154NO8+. The summed E-state index contributed by atoms with van der Waals surface area (Å²) in [5, 5.41) is 9.79. The van der Waals surface area contributed by atoms with Crippen LogP contribution in [0.1, 0.15) is 322 Å². The Morgan fingerprint density at radius 1 is 0.291 bits per heavy atom. The quantitative estimate of drug-likeness (QED) is 0.0211. The predicted octanol–water partition coefficient (Wildman–Crippen LogP) is 27.3. The molecule has 0 amide bonds. The van der Waals surface area contributed by atoms with E-state index in [-0.39, 0.29) is 32.2 Å². The van der Waals surface area contributed by atoms with E-state index in [2.05, 4.69) is 208 Å². The lowest BCUT2D eigenvalue weighted by molar-refractivity contribution is -0.870. The topological polar surface area (TPSA) is 108 Å². The number of unbranched alkanes of at least 4 members (excludes halogenated alkanes) is 28. The molecule has 0 aromatic heterocycles. The second-order valence-corrected chi connectivity index (χ2v) is 28.3. The first-order valence-corrected chi connectivity index (χ1v) is 41.6. The maximum atomic E-state index is 13.0. The van der Waals surface area contributed by atoms with Crippen LogP contribution in [0.15, 0.2) is 194 Å². The summed E-state index contributed by atoms with van der Waals surface area (Å²) in [5.74, 6) is -2.01. The SMILES string of the molecule is CC/C=C\C/C=C\C/C=C\C/C=C\C/C=C\C/C=C\C/C=C\C/C=C\CCCCCCCCCCCCCCCCC(=O)OCC(COC(OCC[N+](C)(C)C)C(=O)O)OC(=O)CCCCCCCCCCCCCCCC/C=C\C/C=C\C/C=C\C/C=C\C/C=C\C/C=C\C/C=C\C/C=C\CC. The highest BCUT2D eigenvalue weighted by molar-refractivity contribution is 5.71. The third-order valence-corrected chi connectivity index (χ3v) is 17.3. The fraction of sp³-hybridized carbons (Fsp3) is 0.628. The molecule has 0 aliphatic heterocycles. The van der Waals surface area contributed by atoms with Gasteiger partial charge < -0.3 is 28.5 Å². The van der Waals surface area contributed by atoms with Crippen LogP contribution in [0.4, 0.5) is 0 Å². The van der Waals surface area contributed by atoms with E-state index in [1.165, 1.54) is 148 Å². The number of nitrogens with zero attached hydrogens (tertiary/aromatic N) is 1. The molecule has 0 aromatic carbocycles. The van der Waals surface area contributed by atoms with Gasteiger partial charge in [0.1, 0.15) is 13.2 Å². The smallest absolute Gasteiger partial charge is 0.361 e. The van der Waals surface area contributed by atoms with Crippen molar-refractivity contribution in [3.63, 3.8) is 0 Å².